The summed E-state index contributed by atoms with van der Waals surface area (Å²) in [6.07, 6.45) is 1.44. The smallest absolute Gasteiger partial charge is 0.272 e. The van der Waals surface area contributed by atoms with Crippen LogP contribution in [0.1, 0.15) is 0 Å². The summed E-state index contributed by atoms with van der Waals surface area (Å²) in [4.78, 5) is 0.689. The van der Waals surface area contributed by atoms with E-state index in [9.17, 15) is 8.42 Å². The first kappa shape index (κ1) is 18.9. The summed E-state index contributed by atoms with van der Waals surface area (Å²) < 4.78 is 33.4. The molecule has 3 aromatic heterocycles. The lowest BCUT2D eigenvalue weighted by molar-refractivity contribution is 0.422. The van der Waals surface area contributed by atoms with Crippen LogP contribution in [-0.4, -0.2) is 23.8 Å². The van der Waals surface area contributed by atoms with Gasteiger partial charge in [-0.25, -0.2) is 8.42 Å². The lowest BCUT2D eigenvalue weighted by Gasteiger charge is -2.07. The minimum Gasteiger partial charge on any atom is -0.364 e. The van der Waals surface area contributed by atoms with Gasteiger partial charge in [-0.05, 0) is 29.8 Å². The minimum absolute atomic E-state index is 0.147. The SMILES string of the molecule is O=S(=O)(Nc1n[nH]c2cc(Cl)c(-c3ccccc3)cc12)c1ccc(-c2ccon2)s1. The third-order valence-electron chi connectivity index (χ3n) is 4.50. The molecule has 7 nitrogen and oxygen atoms in total. The number of aromatic nitrogens is 3. The predicted octanol–water partition coefficient (Wildman–Crippen LogP) is 5.40. The minimum atomic E-state index is -3.84. The standard InChI is InChI=1S/C20H13ClN4O3S2/c21-15-11-17-14(10-13(15)12-4-2-1-3-5-12)20(23-22-17)25-30(26,27)19-7-6-18(29-19)16-8-9-28-24-16/h1-11H,(H2,22,23,25). The fourth-order valence-electron chi connectivity index (χ4n) is 3.07. The molecule has 150 valence electrons. The van der Waals surface area contributed by atoms with Gasteiger partial charge in [0.05, 0.1) is 15.4 Å². The molecule has 30 heavy (non-hydrogen) atoms. The molecule has 2 aromatic carbocycles. The van der Waals surface area contributed by atoms with Crippen LogP contribution in [-0.2, 0) is 10.0 Å². The van der Waals surface area contributed by atoms with E-state index in [4.69, 9.17) is 16.1 Å². The van der Waals surface area contributed by atoms with Gasteiger partial charge < -0.3 is 4.52 Å². The van der Waals surface area contributed by atoms with Gasteiger partial charge in [-0.15, -0.1) is 11.3 Å². The van der Waals surface area contributed by atoms with Crippen molar-refractivity contribution in [1.29, 1.82) is 0 Å². The lowest BCUT2D eigenvalue weighted by atomic mass is 10.0. The number of halogens is 1. The first-order valence-corrected chi connectivity index (χ1v) is 11.5. The third kappa shape index (κ3) is 3.36. The average molecular weight is 457 g/mol. The number of fused-ring (bicyclic) bond motifs is 1. The summed E-state index contributed by atoms with van der Waals surface area (Å²) >= 11 is 7.52. The number of nitrogens with one attached hydrogen (secondary N) is 2. The van der Waals surface area contributed by atoms with Gasteiger partial charge in [-0.2, -0.15) is 5.10 Å². The molecule has 0 fully saturated rings. The van der Waals surface area contributed by atoms with Crippen LogP contribution < -0.4 is 4.72 Å². The van der Waals surface area contributed by atoms with E-state index in [-0.39, 0.29) is 10.0 Å². The van der Waals surface area contributed by atoms with Gasteiger partial charge in [-0.3, -0.25) is 9.82 Å². The number of aromatic amines is 1. The van der Waals surface area contributed by atoms with E-state index in [2.05, 4.69) is 20.1 Å². The summed E-state index contributed by atoms with van der Waals surface area (Å²) in [5.74, 6) is 0.204. The number of H-pyrrole nitrogens is 1. The molecule has 10 heteroatoms. The van der Waals surface area contributed by atoms with E-state index in [0.717, 1.165) is 22.5 Å². The van der Waals surface area contributed by atoms with E-state index < -0.39 is 10.0 Å². The second kappa shape index (κ2) is 7.28. The van der Waals surface area contributed by atoms with Crippen LogP contribution >= 0.6 is 22.9 Å². The maximum atomic E-state index is 12.9. The van der Waals surface area contributed by atoms with Gasteiger partial charge in [0.15, 0.2) is 5.82 Å². The zero-order valence-electron chi connectivity index (χ0n) is 15.2. The van der Waals surface area contributed by atoms with Gasteiger partial charge in [0, 0.05) is 17.0 Å². The summed E-state index contributed by atoms with van der Waals surface area (Å²) in [6.45, 7) is 0. The monoisotopic (exact) mass is 456 g/mol. The highest BCUT2D eigenvalue weighted by atomic mass is 35.5. The molecule has 0 saturated carbocycles. The molecule has 0 aliphatic carbocycles. The van der Waals surface area contributed by atoms with E-state index in [0.29, 0.717) is 26.5 Å². The maximum absolute atomic E-state index is 12.9. The lowest BCUT2D eigenvalue weighted by Crippen LogP contribution is -2.11. The van der Waals surface area contributed by atoms with Crippen molar-refractivity contribution in [3.63, 3.8) is 0 Å². The number of thiophene rings is 1. The van der Waals surface area contributed by atoms with E-state index in [1.165, 1.54) is 12.3 Å². The molecule has 0 spiro atoms. The number of hydrogen-bond donors (Lipinski definition) is 2. The number of hydrogen-bond acceptors (Lipinski definition) is 6. The predicted molar refractivity (Wildman–Crippen MR) is 117 cm³/mol. The Morgan fingerprint density at radius 3 is 2.67 bits per heavy atom. The van der Waals surface area contributed by atoms with Crippen molar-refractivity contribution >= 4 is 49.7 Å². The molecule has 0 saturated heterocycles. The van der Waals surface area contributed by atoms with Crippen molar-refractivity contribution in [3.8, 4) is 21.7 Å². The van der Waals surface area contributed by atoms with E-state index in [1.807, 2.05) is 36.4 Å². The second-order valence-corrected chi connectivity index (χ2v) is 9.82. The van der Waals surface area contributed by atoms with Crippen molar-refractivity contribution in [3.05, 3.63) is 71.9 Å². The Morgan fingerprint density at radius 1 is 1.07 bits per heavy atom. The van der Waals surface area contributed by atoms with E-state index in [1.54, 1.807) is 18.2 Å². The molecule has 0 aliphatic rings. The first-order chi connectivity index (χ1) is 14.5. The number of benzene rings is 2. The largest absolute Gasteiger partial charge is 0.364 e. The van der Waals surface area contributed by atoms with Gasteiger partial charge in [0.25, 0.3) is 10.0 Å². The Hall–Kier alpha value is -3.14. The zero-order valence-corrected chi connectivity index (χ0v) is 17.6. The summed E-state index contributed by atoms with van der Waals surface area (Å²) in [5, 5.41) is 12.0. The Kier molecular flexibility index (Phi) is 4.58. The van der Waals surface area contributed by atoms with Crippen molar-refractivity contribution < 1.29 is 12.9 Å². The number of nitrogens with zero attached hydrogens (tertiary/aromatic N) is 2. The van der Waals surface area contributed by atoms with Gasteiger partial charge >= 0.3 is 0 Å². The highest BCUT2D eigenvalue weighted by Gasteiger charge is 2.21. The molecule has 0 radical (unpaired) electrons. The molecule has 2 N–H and O–H groups in total. The quantitative estimate of drug-likeness (QED) is 0.368. The second-order valence-electron chi connectivity index (χ2n) is 6.42. The van der Waals surface area contributed by atoms with Crippen molar-refractivity contribution in [2.45, 2.75) is 4.21 Å². The van der Waals surface area contributed by atoms with Crippen molar-refractivity contribution in [2.75, 3.05) is 4.72 Å². The number of anilines is 1. The van der Waals surface area contributed by atoms with Crippen LogP contribution in [0.3, 0.4) is 0 Å². The topological polar surface area (TPSA) is 101 Å². The van der Waals surface area contributed by atoms with Crippen LogP contribution in [0.5, 0.6) is 0 Å². The number of sulfonamides is 1. The first-order valence-electron chi connectivity index (χ1n) is 8.78. The zero-order chi connectivity index (χ0) is 20.7. The maximum Gasteiger partial charge on any atom is 0.272 e. The van der Waals surface area contributed by atoms with Gasteiger partial charge in [0.1, 0.15) is 16.2 Å². The summed E-state index contributed by atoms with van der Waals surface area (Å²) in [6, 6.07) is 18.1. The fraction of sp³-hybridized carbons (Fsp3) is 0. The van der Waals surface area contributed by atoms with Crippen LogP contribution in [0.15, 0.2) is 75.7 Å². The Morgan fingerprint density at radius 2 is 1.90 bits per heavy atom. The van der Waals surface area contributed by atoms with Gasteiger partial charge in [-0.1, -0.05) is 47.1 Å². The summed E-state index contributed by atoms with van der Waals surface area (Å²) in [7, 11) is -3.84. The average Bonchev–Trinajstić information content (AvgIpc) is 3.49. The highest BCUT2D eigenvalue weighted by Crippen LogP contribution is 2.35. The highest BCUT2D eigenvalue weighted by molar-refractivity contribution is 7.94. The molecule has 0 atom stereocenters. The Balaban J connectivity index is 1.52. The van der Waals surface area contributed by atoms with E-state index >= 15 is 0 Å². The van der Waals surface area contributed by atoms with Gasteiger partial charge in [0.2, 0.25) is 0 Å². The van der Waals surface area contributed by atoms with Crippen LogP contribution in [0.4, 0.5) is 5.82 Å². The summed E-state index contributed by atoms with van der Waals surface area (Å²) in [5.41, 5.74) is 2.92. The van der Waals surface area contributed by atoms with Crippen LogP contribution in [0, 0.1) is 0 Å². The molecular weight excluding hydrogens is 444 g/mol. The van der Waals surface area contributed by atoms with Crippen LogP contribution in [0.2, 0.25) is 5.02 Å². The van der Waals surface area contributed by atoms with Crippen molar-refractivity contribution in [1.82, 2.24) is 15.4 Å². The molecule has 3 heterocycles. The Labute approximate surface area is 180 Å². The van der Waals surface area contributed by atoms with Crippen molar-refractivity contribution in [2.24, 2.45) is 0 Å². The normalized spacial score (nSPS) is 11.8. The fourth-order valence-corrected chi connectivity index (χ4v) is 5.64. The number of rotatable bonds is 5. The molecule has 0 unspecified atom stereocenters. The Bertz CT molecular complexity index is 1440. The van der Waals surface area contributed by atoms with Crippen LogP contribution in [0.25, 0.3) is 32.6 Å². The molecule has 0 bridgehead atoms. The molecule has 5 aromatic rings. The molecule has 5 rings (SSSR count). The molecule has 0 aliphatic heterocycles. The molecular formula is C20H13ClN4O3S2. The third-order valence-corrected chi connectivity index (χ3v) is 7.75. The molecule has 0 amide bonds.